The molecule has 1 N–H and O–H groups in total. The number of ether oxygens (including phenoxy) is 1. The average Bonchev–Trinajstić information content (AvgIpc) is 3.15. The summed E-state index contributed by atoms with van der Waals surface area (Å²) in [5.74, 6) is 1.80. The molecule has 0 saturated carbocycles. The highest BCUT2D eigenvalue weighted by molar-refractivity contribution is 9.10. The van der Waals surface area contributed by atoms with E-state index < -0.39 is 0 Å². The van der Waals surface area contributed by atoms with Gasteiger partial charge in [0.05, 0.1) is 12.9 Å². The molecule has 3 aromatic rings. The van der Waals surface area contributed by atoms with Gasteiger partial charge in [0.2, 0.25) is 5.91 Å². The number of amides is 1. The molecule has 0 unspecified atom stereocenters. The number of hydrogen-bond acceptors (Lipinski definition) is 5. The van der Waals surface area contributed by atoms with Crippen LogP contribution >= 0.6 is 27.7 Å². The Labute approximate surface area is 195 Å². The highest BCUT2D eigenvalue weighted by Gasteiger charge is 2.15. The first-order chi connectivity index (χ1) is 14.9. The van der Waals surface area contributed by atoms with Crippen LogP contribution in [0.15, 0.2) is 58.7 Å². The van der Waals surface area contributed by atoms with Crippen molar-refractivity contribution in [2.24, 2.45) is 0 Å². The lowest BCUT2D eigenvalue weighted by Gasteiger charge is -2.12. The van der Waals surface area contributed by atoms with Crippen LogP contribution in [0.1, 0.15) is 22.5 Å². The van der Waals surface area contributed by atoms with Crippen LogP contribution in [0, 0.1) is 13.8 Å². The Hall–Kier alpha value is -2.58. The number of carbonyl (C=O) groups is 1. The zero-order chi connectivity index (χ0) is 22.4. The summed E-state index contributed by atoms with van der Waals surface area (Å²) in [4.78, 5) is 12.5. The lowest BCUT2D eigenvalue weighted by atomic mass is 10.1. The summed E-state index contributed by atoms with van der Waals surface area (Å²) in [5, 5.41) is 12.3. The van der Waals surface area contributed by atoms with Gasteiger partial charge < -0.3 is 14.6 Å². The first-order valence-corrected chi connectivity index (χ1v) is 11.5. The van der Waals surface area contributed by atoms with Gasteiger partial charge in [0, 0.05) is 23.1 Å². The fourth-order valence-corrected chi connectivity index (χ4v) is 4.23. The van der Waals surface area contributed by atoms with E-state index in [1.54, 1.807) is 13.2 Å². The molecule has 0 aliphatic heterocycles. The summed E-state index contributed by atoms with van der Waals surface area (Å²) in [6.45, 7) is 8.43. The molecule has 162 valence electrons. The number of nitrogens with one attached hydrogen (secondary N) is 1. The SMILES string of the molecule is C=CCn1c(Cc2ccc(OC)cc2)nnc1SCC(=O)Nc1ccc(Br)c(C)c1C. The Morgan fingerprint density at radius 3 is 2.61 bits per heavy atom. The van der Waals surface area contributed by atoms with Crippen molar-refractivity contribution < 1.29 is 9.53 Å². The van der Waals surface area contributed by atoms with Crippen molar-refractivity contribution in [1.82, 2.24) is 14.8 Å². The minimum absolute atomic E-state index is 0.0836. The number of carbonyl (C=O) groups excluding carboxylic acids is 1. The maximum atomic E-state index is 12.5. The van der Waals surface area contributed by atoms with Crippen LogP contribution in [0.25, 0.3) is 0 Å². The lowest BCUT2D eigenvalue weighted by molar-refractivity contribution is -0.113. The van der Waals surface area contributed by atoms with E-state index in [2.05, 4.69) is 38.0 Å². The third-order valence-corrected chi connectivity index (χ3v) is 6.78. The largest absolute Gasteiger partial charge is 0.497 e. The lowest BCUT2D eigenvalue weighted by Crippen LogP contribution is -2.16. The summed E-state index contributed by atoms with van der Waals surface area (Å²) < 4.78 is 8.23. The van der Waals surface area contributed by atoms with Crippen molar-refractivity contribution in [3.8, 4) is 5.75 Å². The highest BCUT2D eigenvalue weighted by atomic mass is 79.9. The number of anilines is 1. The molecule has 1 aromatic heterocycles. The third-order valence-electron chi connectivity index (χ3n) is 4.95. The summed E-state index contributed by atoms with van der Waals surface area (Å²) >= 11 is 4.88. The smallest absolute Gasteiger partial charge is 0.234 e. The van der Waals surface area contributed by atoms with E-state index in [0.29, 0.717) is 18.1 Å². The zero-order valence-electron chi connectivity index (χ0n) is 17.8. The van der Waals surface area contributed by atoms with E-state index in [1.165, 1.54) is 11.8 Å². The van der Waals surface area contributed by atoms with Crippen molar-refractivity contribution in [2.45, 2.75) is 32.0 Å². The summed E-state index contributed by atoms with van der Waals surface area (Å²) in [7, 11) is 1.65. The fourth-order valence-electron chi connectivity index (χ4n) is 3.03. The van der Waals surface area contributed by atoms with Gasteiger partial charge in [-0.1, -0.05) is 45.9 Å². The van der Waals surface area contributed by atoms with Crippen molar-refractivity contribution in [3.05, 3.63) is 76.0 Å². The summed E-state index contributed by atoms with van der Waals surface area (Å²) in [6.07, 6.45) is 2.44. The number of methoxy groups -OCH3 is 1. The second-order valence-electron chi connectivity index (χ2n) is 7.00. The number of rotatable bonds is 9. The standard InChI is InChI=1S/C23H25BrN4O2S/c1-5-12-28-21(13-17-6-8-18(30-4)9-7-17)26-27-23(28)31-14-22(29)25-20-11-10-19(24)15(2)16(20)3/h5-11H,1,12-14H2,2-4H3,(H,25,29). The van der Waals surface area contributed by atoms with Gasteiger partial charge in [-0.3, -0.25) is 4.79 Å². The molecule has 31 heavy (non-hydrogen) atoms. The second-order valence-corrected chi connectivity index (χ2v) is 8.80. The van der Waals surface area contributed by atoms with Gasteiger partial charge in [0.25, 0.3) is 0 Å². The Morgan fingerprint density at radius 1 is 1.19 bits per heavy atom. The minimum atomic E-state index is -0.0836. The normalized spacial score (nSPS) is 10.7. The average molecular weight is 501 g/mol. The van der Waals surface area contributed by atoms with E-state index in [1.807, 2.05) is 54.8 Å². The highest BCUT2D eigenvalue weighted by Crippen LogP contribution is 2.26. The zero-order valence-corrected chi connectivity index (χ0v) is 20.2. The maximum absolute atomic E-state index is 12.5. The molecule has 0 bridgehead atoms. The van der Waals surface area contributed by atoms with E-state index in [9.17, 15) is 4.79 Å². The Balaban J connectivity index is 1.67. The predicted octanol–water partition coefficient (Wildman–Crippen LogP) is 5.17. The molecule has 0 aliphatic rings. The Morgan fingerprint density at radius 2 is 1.94 bits per heavy atom. The molecule has 1 amide bonds. The van der Waals surface area contributed by atoms with E-state index in [4.69, 9.17) is 4.74 Å². The molecular weight excluding hydrogens is 476 g/mol. The second kappa shape index (κ2) is 10.6. The molecule has 3 rings (SSSR count). The summed E-state index contributed by atoms with van der Waals surface area (Å²) in [6, 6.07) is 11.7. The molecule has 0 saturated heterocycles. The molecular formula is C23H25BrN4O2S. The van der Waals surface area contributed by atoms with Gasteiger partial charge in [-0.05, 0) is 54.8 Å². The van der Waals surface area contributed by atoms with Crippen LogP contribution in [0.2, 0.25) is 0 Å². The monoisotopic (exact) mass is 500 g/mol. The Bertz CT molecular complexity index is 1080. The quantitative estimate of drug-likeness (QED) is 0.324. The van der Waals surface area contributed by atoms with Gasteiger partial charge in [-0.25, -0.2) is 0 Å². The van der Waals surface area contributed by atoms with Gasteiger partial charge in [0.15, 0.2) is 5.16 Å². The number of halogens is 1. The van der Waals surface area contributed by atoms with Crippen molar-refractivity contribution >= 4 is 39.3 Å². The number of allylic oxidation sites excluding steroid dienone is 1. The van der Waals surface area contributed by atoms with Crippen LogP contribution in [-0.2, 0) is 17.8 Å². The minimum Gasteiger partial charge on any atom is -0.497 e. The number of nitrogens with zero attached hydrogens (tertiary/aromatic N) is 3. The van der Waals surface area contributed by atoms with Gasteiger partial charge >= 0.3 is 0 Å². The number of benzene rings is 2. The molecule has 0 spiro atoms. The molecule has 6 nitrogen and oxygen atoms in total. The van der Waals surface area contributed by atoms with Crippen molar-refractivity contribution in [1.29, 1.82) is 0 Å². The van der Waals surface area contributed by atoms with E-state index >= 15 is 0 Å². The van der Waals surface area contributed by atoms with Gasteiger partial charge in [-0.2, -0.15) is 0 Å². The van der Waals surface area contributed by atoms with Gasteiger partial charge in [0.1, 0.15) is 11.6 Å². The number of thioether (sulfide) groups is 1. The van der Waals surface area contributed by atoms with Crippen LogP contribution < -0.4 is 10.1 Å². The van der Waals surface area contributed by atoms with Crippen LogP contribution in [0.3, 0.4) is 0 Å². The van der Waals surface area contributed by atoms with E-state index in [-0.39, 0.29) is 11.7 Å². The number of hydrogen-bond donors (Lipinski definition) is 1. The van der Waals surface area contributed by atoms with Crippen LogP contribution in [-0.4, -0.2) is 33.5 Å². The third kappa shape index (κ3) is 5.77. The molecule has 0 atom stereocenters. The van der Waals surface area contributed by atoms with Crippen molar-refractivity contribution in [3.63, 3.8) is 0 Å². The van der Waals surface area contributed by atoms with Crippen molar-refractivity contribution in [2.75, 3.05) is 18.2 Å². The molecule has 0 fully saturated rings. The first-order valence-electron chi connectivity index (χ1n) is 9.77. The van der Waals surface area contributed by atoms with E-state index in [0.717, 1.165) is 38.4 Å². The number of aromatic nitrogens is 3. The first kappa shape index (κ1) is 23.1. The molecule has 1 heterocycles. The topological polar surface area (TPSA) is 69.0 Å². The fraction of sp³-hybridized carbons (Fsp3) is 0.261. The molecule has 0 aliphatic carbocycles. The maximum Gasteiger partial charge on any atom is 0.234 e. The predicted molar refractivity (Wildman–Crippen MR) is 129 cm³/mol. The molecule has 2 aromatic carbocycles. The summed E-state index contributed by atoms with van der Waals surface area (Å²) in [5.41, 5.74) is 4.08. The molecule has 0 radical (unpaired) electrons. The van der Waals surface area contributed by atoms with Gasteiger partial charge in [-0.15, -0.1) is 16.8 Å². The Kier molecular flexibility index (Phi) is 7.92. The van der Waals surface area contributed by atoms with Crippen LogP contribution in [0.5, 0.6) is 5.75 Å². The molecule has 8 heteroatoms. The van der Waals surface area contributed by atoms with Crippen LogP contribution in [0.4, 0.5) is 5.69 Å².